The summed E-state index contributed by atoms with van der Waals surface area (Å²) in [5.74, 6) is -32.7. The fourth-order valence-electron chi connectivity index (χ4n) is 3.70. The minimum atomic E-state index is -8.32. The first-order chi connectivity index (χ1) is 19.4. The Morgan fingerprint density at radius 1 is 0.512 bits per heavy atom. The predicted molar refractivity (Wildman–Crippen MR) is 127 cm³/mol. The quantitative estimate of drug-likeness (QED) is 0.201. The molecule has 0 aliphatic carbocycles. The lowest BCUT2D eigenvalue weighted by Crippen LogP contribution is -2.71. The second-order valence-electron chi connectivity index (χ2n) is 8.78. The van der Waals surface area contributed by atoms with Crippen molar-refractivity contribution < 1.29 is 69.1 Å². The van der Waals surface area contributed by atoms with Crippen molar-refractivity contribution in [1.29, 1.82) is 0 Å². The van der Waals surface area contributed by atoms with Gasteiger partial charge in [0.2, 0.25) is 0 Å². The second kappa shape index (κ2) is 10.9. The van der Waals surface area contributed by atoms with Gasteiger partial charge in [0.05, 0.1) is 0 Å². The van der Waals surface area contributed by atoms with Crippen molar-refractivity contribution in [3.8, 4) is 0 Å². The highest BCUT2D eigenvalue weighted by Gasteiger charge is 2.93. The molecule has 3 aromatic carbocycles. The third kappa shape index (κ3) is 5.13. The molecule has 0 atom stereocenters. The summed E-state index contributed by atoms with van der Waals surface area (Å²) in [5.41, 5.74) is 0.0668. The maximum absolute atomic E-state index is 15.1. The summed E-state index contributed by atoms with van der Waals surface area (Å²) < 4.78 is 210. The van der Waals surface area contributed by atoms with E-state index in [0.29, 0.717) is 0 Å². The van der Waals surface area contributed by atoms with Crippen molar-refractivity contribution in [2.75, 3.05) is 0 Å². The van der Waals surface area contributed by atoms with Gasteiger partial charge in [0.25, 0.3) is 0 Å². The lowest BCUT2D eigenvalue weighted by atomic mass is 9.98. The molecule has 0 heterocycles. The van der Waals surface area contributed by atoms with Crippen LogP contribution in [0.5, 0.6) is 0 Å². The molecule has 0 aliphatic heterocycles. The van der Waals surface area contributed by atoms with Crippen LogP contribution >= 0.6 is 10.3 Å². The van der Waals surface area contributed by atoms with Crippen molar-refractivity contribution in [2.45, 2.75) is 56.7 Å². The van der Waals surface area contributed by atoms with E-state index in [1.54, 1.807) is 0 Å². The van der Waals surface area contributed by atoms with E-state index in [1.807, 2.05) is 0 Å². The minimum Gasteiger partial charge on any atom is -0.202 e. The third-order valence-corrected chi connectivity index (χ3v) is 11.3. The summed E-state index contributed by atoms with van der Waals surface area (Å²) in [4.78, 5) is -0.964. The Kier molecular flexibility index (Phi) is 8.72. The molecule has 0 radical (unpaired) electrons. The molecule has 0 amide bonds. The van der Waals surface area contributed by atoms with Crippen LogP contribution in [0.25, 0.3) is 0 Å². The van der Waals surface area contributed by atoms with Crippen LogP contribution in [0.3, 0.4) is 0 Å². The van der Waals surface area contributed by atoms with Crippen LogP contribution in [-0.4, -0.2) is 43.5 Å². The minimum absolute atomic E-state index is 0.0668. The Labute approximate surface area is 236 Å². The molecule has 0 aliphatic rings. The van der Waals surface area contributed by atoms with Crippen LogP contribution in [0.1, 0.15) is 5.56 Å². The summed E-state index contributed by atoms with van der Waals surface area (Å²) in [6.07, 6.45) is -7.65. The van der Waals surface area contributed by atoms with Crippen molar-refractivity contribution in [3.05, 3.63) is 90.5 Å². The van der Waals surface area contributed by atoms with Crippen molar-refractivity contribution >= 4 is 20.4 Å². The van der Waals surface area contributed by atoms with Gasteiger partial charge >= 0.3 is 45.2 Å². The smallest absolute Gasteiger partial charge is 0.202 e. The predicted octanol–water partition coefficient (Wildman–Crippen LogP) is 9.23. The molecular formula is C25H17F13O3S2. The Bertz CT molecular complexity index is 1500. The van der Waals surface area contributed by atoms with Gasteiger partial charge in [-0.05, 0) is 53.1 Å². The first-order valence-corrected chi connectivity index (χ1v) is 14.3. The molecule has 238 valence electrons. The molecule has 0 bridgehead atoms. The van der Waals surface area contributed by atoms with E-state index in [4.69, 9.17) is 3.63 Å². The van der Waals surface area contributed by atoms with Gasteiger partial charge in [0.1, 0.15) is 0 Å². The van der Waals surface area contributed by atoms with Crippen LogP contribution in [0.15, 0.2) is 99.6 Å². The zero-order chi connectivity index (χ0) is 32.9. The van der Waals surface area contributed by atoms with Crippen LogP contribution in [0.4, 0.5) is 57.1 Å². The molecule has 3 nitrogen and oxygen atoms in total. The average Bonchev–Trinajstić information content (AvgIpc) is 2.92. The van der Waals surface area contributed by atoms with Gasteiger partial charge in [-0.15, -0.1) is 0 Å². The normalized spacial score (nSPS) is 14.9. The Balaban J connectivity index is 2.34. The Morgan fingerprint density at radius 2 is 0.884 bits per heavy atom. The van der Waals surface area contributed by atoms with E-state index in [9.17, 15) is 56.7 Å². The molecule has 0 saturated heterocycles. The van der Waals surface area contributed by atoms with E-state index in [2.05, 4.69) is 0 Å². The maximum atomic E-state index is 15.1. The largest absolute Gasteiger partial charge is 0.460 e. The lowest BCUT2D eigenvalue weighted by Gasteiger charge is -2.43. The standard InChI is InChI=1S/C25H17F13O3S2/c1-16-10-8-9-15-19(16)42(17-11-4-2-5-12-17,18-13-6-3-7-14-18)41-43(39,40)25(37,38)23(32,33)21(28,29)20(26,27)22(30,31)24(34,35)36/h2-15H,1H3. The van der Waals surface area contributed by atoms with E-state index < -0.39 is 55.5 Å². The van der Waals surface area contributed by atoms with E-state index in [-0.39, 0.29) is 20.2 Å². The molecule has 0 aromatic heterocycles. The molecule has 3 aromatic rings. The molecule has 43 heavy (non-hydrogen) atoms. The topological polar surface area (TPSA) is 43.4 Å². The molecule has 0 spiro atoms. The van der Waals surface area contributed by atoms with Gasteiger partial charge in [0, 0.05) is 14.7 Å². The summed E-state index contributed by atoms with van der Waals surface area (Å²) in [5, 5.41) is -7.53. The Morgan fingerprint density at radius 3 is 1.28 bits per heavy atom. The van der Waals surface area contributed by atoms with Gasteiger partial charge < -0.3 is 0 Å². The first-order valence-electron chi connectivity index (χ1n) is 11.3. The molecule has 18 heteroatoms. The zero-order valence-electron chi connectivity index (χ0n) is 21.0. The number of rotatable bonds is 10. The number of alkyl halides is 13. The number of benzene rings is 3. The van der Waals surface area contributed by atoms with Crippen LogP contribution in [0.2, 0.25) is 0 Å². The SMILES string of the molecule is Cc1ccccc1S(OS(=O)(=O)C(F)(F)C(F)(F)C(F)(F)C(F)(F)C(F)(F)C(F)(F)F)(c1ccccc1)c1ccccc1. The number of halogens is 13. The fraction of sp³-hybridized carbons (Fsp3) is 0.280. The van der Waals surface area contributed by atoms with Crippen molar-refractivity contribution in [1.82, 2.24) is 0 Å². The summed E-state index contributed by atoms with van der Waals surface area (Å²) in [7, 11) is -11.9. The summed E-state index contributed by atoms with van der Waals surface area (Å²) >= 11 is 0. The zero-order valence-corrected chi connectivity index (χ0v) is 22.7. The fourth-order valence-corrected chi connectivity index (χ4v) is 9.13. The van der Waals surface area contributed by atoms with E-state index in [0.717, 1.165) is 30.3 Å². The molecule has 0 saturated carbocycles. The van der Waals surface area contributed by atoms with Gasteiger partial charge in [-0.1, -0.05) is 54.6 Å². The molecule has 0 fully saturated rings. The highest BCUT2D eigenvalue weighted by Crippen LogP contribution is 2.72. The third-order valence-electron chi connectivity index (χ3n) is 5.96. The maximum Gasteiger partial charge on any atom is 0.460 e. The van der Waals surface area contributed by atoms with E-state index >= 15 is 8.78 Å². The monoisotopic (exact) mass is 676 g/mol. The van der Waals surface area contributed by atoms with Crippen LogP contribution in [0, 0.1) is 6.92 Å². The first kappa shape index (κ1) is 34.5. The average molecular weight is 677 g/mol. The summed E-state index contributed by atoms with van der Waals surface area (Å²) in [6.45, 7) is 1.29. The molecule has 0 N–H and O–H groups in total. The van der Waals surface area contributed by atoms with Gasteiger partial charge in [-0.2, -0.15) is 65.5 Å². The Hall–Kier alpha value is -2.99. The number of hydrogen-bond donors (Lipinski definition) is 0. The highest BCUT2D eigenvalue weighted by molar-refractivity contribution is 8.33. The highest BCUT2D eigenvalue weighted by atomic mass is 32.3. The van der Waals surface area contributed by atoms with Gasteiger partial charge in [-0.25, -0.2) is 3.63 Å². The molecular weight excluding hydrogens is 659 g/mol. The van der Waals surface area contributed by atoms with Crippen molar-refractivity contribution in [3.63, 3.8) is 0 Å². The lowest BCUT2D eigenvalue weighted by molar-refractivity contribution is -0.433. The van der Waals surface area contributed by atoms with Crippen LogP contribution in [-0.2, 0) is 13.7 Å². The van der Waals surface area contributed by atoms with Gasteiger partial charge in [-0.3, -0.25) is 0 Å². The summed E-state index contributed by atoms with van der Waals surface area (Å²) in [6, 6.07) is 16.9. The van der Waals surface area contributed by atoms with Crippen molar-refractivity contribution in [2.24, 2.45) is 0 Å². The van der Waals surface area contributed by atoms with E-state index in [1.165, 1.54) is 61.5 Å². The molecule has 3 rings (SSSR count). The second-order valence-corrected chi connectivity index (χ2v) is 13.2. The van der Waals surface area contributed by atoms with Gasteiger partial charge in [0.15, 0.2) is 0 Å². The van der Waals surface area contributed by atoms with Crippen LogP contribution < -0.4 is 0 Å². The number of aryl methyl sites for hydroxylation is 1. The molecule has 0 unspecified atom stereocenters. The number of hydrogen-bond acceptors (Lipinski definition) is 3.